The number of nitrogens with one attached hydrogen (secondary N) is 1. The molecule has 1 aromatic rings. The van der Waals surface area contributed by atoms with Gasteiger partial charge in [0.2, 0.25) is 5.91 Å². The summed E-state index contributed by atoms with van der Waals surface area (Å²) in [6, 6.07) is 0.0137. The number of nitrogens with zero attached hydrogens (tertiary/aromatic N) is 4. The zero-order valence-corrected chi connectivity index (χ0v) is 14.4. The van der Waals surface area contributed by atoms with Crippen LogP contribution in [0, 0.1) is 5.41 Å². The quantitative estimate of drug-likeness (QED) is 0.851. The summed E-state index contributed by atoms with van der Waals surface area (Å²) >= 11 is 1.64. The molecule has 0 unspecified atom stereocenters. The van der Waals surface area contributed by atoms with Crippen molar-refractivity contribution in [2.24, 2.45) is 5.41 Å². The molecule has 126 valence electrons. The Morgan fingerprint density at radius 1 is 1.43 bits per heavy atom. The Morgan fingerprint density at radius 3 is 2.87 bits per heavy atom. The summed E-state index contributed by atoms with van der Waals surface area (Å²) in [5.74, 6) is 0.0818. The standard InChI is InChI=1S/C15H23N5O2S/c1-18(2)14(22)20-5-4-19(8-13-16-3-6-23-13)10-15(11-20)7-12(21)17-9-15/h3,6H,4-5,7-11H2,1-2H3,(H,17,21)/t15-/m0/s1. The van der Waals surface area contributed by atoms with E-state index < -0.39 is 0 Å². The molecule has 7 nitrogen and oxygen atoms in total. The van der Waals surface area contributed by atoms with Crippen molar-refractivity contribution in [2.45, 2.75) is 13.0 Å². The minimum absolute atomic E-state index is 0.0137. The highest BCUT2D eigenvalue weighted by molar-refractivity contribution is 7.09. The lowest BCUT2D eigenvalue weighted by molar-refractivity contribution is -0.119. The van der Waals surface area contributed by atoms with Gasteiger partial charge in [0.15, 0.2) is 0 Å². The number of amides is 3. The number of hydrogen-bond donors (Lipinski definition) is 1. The predicted octanol–water partition coefficient (Wildman–Crippen LogP) is 0.449. The molecule has 23 heavy (non-hydrogen) atoms. The first kappa shape index (κ1) is 16.2. The average molecular weight is 337 g/mol. The van der Waals surface area contributed by atoms with Gasteiger partial charge in [-0.1, -0.05) is 0 Å². The fourth-order valence-corrected chi connectivity index (χ4v) is 4.09. The van der Waals surface area contributed by atoms with Gasteiger partial charge >= 0.3 is 6.03 Å². The maximum Gasteiger partial charge on any atom is 0.319 e. The predicted molar refractivity (Wildman–Crippen MR) is 88.1 cm³/mol. The van der Waals surface area contributed by atoms with E-state index >= 15 is 0 Å². The van der Waals surface area contributed by atoms with Gasteiger partial charge in [-0.25, -0.2) is 9.78 Å². The van der Waals surface area contributed by atoms with Crippen LogP contribution in [-0.4, -0.2) is 78.4 Å². The monoisotopic (exact) mass is 337 g/mol. The fraction of sp³-hybridized carbons (Fsp3) is 0.667. The molecule has 1 aromatic heterocycles. The summed E-state index contributed by atoms with van der Waals surface area (Å²) < 4.78 is 0. The third-order valence-corrected chi connectivity index (χ3v) is 5.23. The van der Waals surface area contributed by atoms with Crippen LogP contribution in [0.4, 0.5) is 4.79 Å². The van der Waals surface area contributed by atoms with Crippen LogP contribution in [0.5, 0.6) is 0 Å². The maximum atomic E-state index is 12.4. The molecular weight excluding hydrogens is 314 g/mol. The zero-order valence-electron chi connectivity index (χ0n) is 13.6. The molecule has 1 spiro atoms. The van der Waals surface area contributed by atoms with Crippen molar-refractivity contribution in [2.75, 3.05) is 46.8 Å². The molecule has 0 aromatic carbocycles. The largest absolute Gasteiger partial charge is 0.355 e. The molecular formula is C15H23N5O2S. The zero-order chi connectivity index (χ0) is 16.4. The number of carbonyl (C=O) groups is 2. The Kier molecular flexibility index (Phi) is 4.54. The lowest BCUT2D eigenvalue weighted by atomic mass is 9.86. The SMILES string of the molecule is CN(C)C(=O)N1CCN(Cc2nccs2)C[C@]2(CNC(=O)C2)C1. The highest BCUT2D eigenvalue weighted by Gasteiger charge is 2.44. The second kappa shape index (κ2) is 6.45. The van der Waals surface area contributed by atoms with Crippen molar-refractivity contribution < 1.29 is 9.59 Å². The van der Waals surface area contributed by atoms with Crippen LogP contribution in [0.15, 0.2) is 11.6 Å². The number of urea groups is 1. The van der Waals surface area contributed by atoms with Gasteiger partial charge in [-0.3, -0.25) is 9.69 Å². The normalized spacial score (nSPS) is 25.5. The van der Waals surface area contributed by atoms with Crippen molar-refractivity contribution in [3.63, 3.8) is 0 Å². The molecule has 0 aliphatic carbocycles. The Morgan fingerprint density at radius 2 is 2.26 bits per heavy atom. The molecule has 0 saturated carbocycles. The van der Waals surface area contributed by atoms with Gasteiger partial charge in [0.25, 0.3) is 0 Å². The Balaban J connectivity index is 1.78. The second-order valence-corrected chi connectivity index (χ2v) is 7.67. The van der Waals surface area contributed by atoms with Crippen LogP contribution in [0.2, 0.25) is 0 Å². The molecule has 1 N–H and O–H groups in total. The van der Waals surface area contributed by atoms with E-state index in [1.165, 1.54) is 0 Å². The lowest BCUT2D eigenvalue weighted by Crippen LogP contribution is -2.47. The highest BCUT2D eigenvalue weighted by Crippen LogP contribution is 2.31. The first-order chi connectivity index (χ1) is 11.0. The number of hydrogen-bond acceptors (Lipinski definition) is 5. The van der Waals surface area contributed by atoms with Crippen LogP contribution < -0.4 is 5.32 Å². The van der Waals surface area contributed by atoms with E-state index in [9.17, 15) is 9.59 Å². The van der Waals surface area contributed by atoms with Crippen LogP contribution >= 0.6 is 11.3 Å². The van der Waals surface area contributed by atoms with Gasteiger partial charge in [0, 0.05) is 70.2 Å². The molecule has 0 bridgehead atoms. The first-order valence-corrected chi connectivity index (χ1v) is 8.69. The topological polar surface area (TPSA) is 68.8 Å². The second-order valence-electron chi connectivity index (χ2n) is 6.69. The van der Waals surface area contributed by atoms with E-state index in [4.69, 9.17) is 0 Å². The maximum absolute atomic E-state index is 12.4. The summed E-state index contributed by atoms with van der Waals surface area (Å²) in [5, 5.41) is 6.00. The average Bonchev–Trinajstić information content (AvgIpc) is 3.08. The van der Waals surface area contributed by atoms with Gasteiger partial charge < -0.3 is 15.1 Å². The van der Waals surface area contributed by atoms with Gasteiger partial charge in [0.05, 0.1) is 6.54 Å². The van der Waals surface area contributed by atoms with Gasteiger partial charge in [-0.15, -0.1) is 11.3 Å². The molecule has 2 fully saturated rings. The number of carbonyl (C=O) groups excluding carboxylic acids is 2. The fourth-order valence-electron chi connectivity index (χ4n) is 3.43. The molecule has 1 atom stereocenters. The molecule has 3 heterocycles. The summed E-state index contributed by atoms with van der Waals surface area (Å²) in [6.07, 6.45) is 2.30. The molecule has 8 heteroatoms. The van der Waals surface area contributed by atoms with Crippen molar-refractivity contribution >= 4 is 23.3 Å². The molecule has 2 aliphatic heterocycles. The van der Waals surface area contributed by atoms with Gasteiger partial charge in [0.1, 0.15) is 5.01 Å². The number of aromatic nitrogens is 1. The van der Waals surface area contributed by atoms with Crippen LogP contribution in [0.1, 0.15) is 11.4 Å². The highest BCUT2D eigenvalue weighted by atomic mass is 32.1. The van der Waals surface area contributed by atoms with Crippen molar-refractivity contribution in [1.82, 2.24) is 25.0 Å². The molecule has 2 aliphatic rings. The van der Waals surface area contributed by atoms with Gasteiger partial charge in [-0.2, -0.15) is 0 Å². The summed E-state index contributed by atoms with van der Waals surface area (Å²) in [5.41, 5.74) is -0.198. The van der Waals surface area contributed by atoms with E-state index in [1.807, 2.05) is 16.5 Å². The van der Waals surface area contributed by atoms with Crippen molar-refractivity contribution in [3.05, 3.63) is 16.6 Å². The summed E-state index contributed by atoms with van der Waals surface area (Å²) in [4.78, 5) is 34.4. The third kappa shape index (κ3) is 3.64. The smallest absolute Gasteiger partial charge is 0.319 e. The minimum Gasteiger partial charge on any atom is -0.355 e. The van der Waals surface area contributed by atoms with Crippen LogP contribution in [0.3, 0.4) is 0 Å². The summed E-state index contributed by atoms with van der Waals surface area (Å²) in [7, 11) is 3.54. The van der Waals surface area contributed by atoms with Gasteiger partial charge in [-0.05, 0) is 0 Å². The molecule has 3 rings (SSSR count). The Hall–Kier alpha value is -1.67. The minimum atomic E-state index is -0.198. The molecule has 0 radical (unpaired) electrons. The van der Waals surface area contributed by atoms with E-state index in [0.29, 0.717) is 26.1 Å². The Bertz CT molecular complexity index is 576. The lowest BCUT2D eigenvalue weighted by Gasteiger charge is -2.33. The number of thiazole rings is 1. The van der Waals surface area contributed by atoms with Crippen LogP contribution in [0.25, 0.3) is 0 Å². The number of rotatable bonds is 2. The van der Waals surface area contributed by atoms with E-state index in [2.05, 4.69) is 15.2 Å². The third-order valence-electron chi connectivity index (χ3n) is 4.46. The Labute approximate surface area is 140 Å². The van der Waals surface area contributed by atoms with E-state index in [0.717, 1.165) is 24.6 Å². The van der Waals surface area contributed by atoms with E-state index in [1.54, 1.807) is 30.3 Å². The van der Waals surface area contributed by atoms with Crippen LogP contribution in [-0.2, 0) is 11.3 Å². The first-order valence-electron chi connectivity index (χ1n) is 7.81. The van der Waals surface area contributed by atoms with Crippen molar-refractivity contribution in [1.29, 1.82) is 0 Å². The summed E-state index contributed by atoms with van der Waals surface area (Å²) in [6.45, 7) is 4.32. The van der Waals surface area contributed by atoms with Crippen molar-refractivity contribution in [3.8, 4) is 0 Å². The molecule has 3 amide bonds. The van der Waals surface area contributed by atoms with E-state index in [-0.39, 0.29) is 17.4 Å². The molecule has 2 saturated heterocycles.